The van der Waals surface area contributed by atoms with Crippen molar-refractivity contribution in [2.24, 2.45) is 0 Å². The molecule has 1 unspecified atom stereocenters. The van der Waals surface area contributed by atoms with Gasteiger partial charge in [-0.05, 0) is 50.2 Å². The summed E-state index contributed by atoms with van der Waals surface area (Å²) in [6.45, 7) is 4.26. The second kappa shape index (κ2) is 9.09. The molecule has 2 N–H and O–H groups in total. The van der Waals surface area contributed by atoms with E-state index in [2.05, 4.69) is 10.9 Å². The number of nitrogens with zero attached hydrogens (tertiary/aromatic N) is 1. The first-order valence-electron chi connectivity index (χ1n) is 9.38. The predicted molar refractivity (Wildman–Crippen MR) is 107 cm³/mol. The third-order valence-corrected chi connectivity index (χ3v) is 4.38. The molecule has 1 aliphatic rings. The lowest BCUT2D eigenvalue weighted by atomic mass is 10.1. The third kappa shape index (κ3) is 4.84. The minimum absolute atomic E-state index is 0.0242. The second-order valence-corrected chi connectivity index (χ2v) is 6.43. The lowest BCUT2D eigenvalue weighted by Gasteiger charge is -2.32. The highest BCUT2D eigenvalue weighted by Crippen LogP contribution is 2.33. The highest BCUT2D eigenvalue weighted by molar-refractivity contribution is 6.00. The number of rotatable bonds is 6. The molecule has 8 nitrogen and oxygen atoms in total. The number of nitrogens with one attached hydrogen (secondary N) is 2. The van der Waals surface area contributed by atoms with E-state index in [1.807, 2.05) is 13.0 Å². The number of amides is 3. The third-order valence-electron chi connectivity index (χ3n) is 4.38. The van der Waals surface area contributed by atoms with E-state index in [4.69, 9.17) is 9.47 Å². The molecule has 0 aromatic heterocycles. The van der Waals surface area contributed by atoms with Gasteiger partial charge in [0.05, 0.1) is 12.3 Å². The van der Waals surface area contributed by atoms with Gasteiger partial charge in [0.25, 0.3) is 11.8 Å². The maximum Gasteiger partial charge on any atom is 0.269 e. The molecule has 2 aromatic carbocycles. The fraction of sp³-hybridized carbons (Fsp3) is 0.286. The molecule has 0 spiro atoms. The number of hydrazine groups is 1. The second-order valence-electron chi connectivity index (χ2n) is 6.43. The summed E-state index contributed by atoms with van der Waals surface area (Å²) in [7, 11) is 0. The summed E-state index contributed by atoms with van der Waals surface area (Å²) in [5, 5.41) is 0. The Morgan fingerprint density at radius 2 is 1.83 bits per heavy atom. The van der Waals surface area contributed by atoms with Gasteiger partial charge in [-0.2, -0.15) is 0 Å². The molecule has 2 aromatic rings. The van der Waals surface area contributed by atoms with Gasteiger partial charge in [-0.1, -0.05) is 12.1 Å². The van der Waals surface area contributed by atoms with Crippen LogP contribution in [0.25, 0.3) is 0 Å². The number of benzene rings is 2. The van der Waals surface area contributed by atoms with E-state index < -0.39 is 17.9 Å². The summed E-state index contributed by atoms with van der Waals surface area (Å²) in [6, 6.07) is 13.8. The standard InChI is InChI=1S/C21H23N3O5/c1-3-28-16-10-8-15(9-11-16)20(26)23-22-19(25)12-13-24-17-6-4-5-7-18(17)29-14(2)21(24)27/h4-11,14H,3,12-13H2,1-2H3,(H,22,25)(H,23,26). The van der Waals surface area contributed by atoms with Crippen LogP contribution in [0.5, 0.6) is 11.5 Å². The van der Waals surface area contributed by atoms with Crippen LogP contribution >= 0.6 is 0 Å². The molecular weight excluding hydrogens is 374 g/mol. The zero-order valence-electron chi connectivity index (χ0n) is 16.3. The number of carbonyl (C=O) groups excluding carboxylic acids is 3. The van der Waals surface area contributed by atoms with Gasteiger partial charge in [-0.25, -0.2) is 0 Å². The Morgan fingerprint density at radius 1 is 1.10 bits per heavy atom. The number of anilines is 1. The van der Waals surface area contributed by atoms with E-state index in [9.17, 15) is 14.4 Å². The molecule has 29 heavy (non-hydrogen) atoms. The van der Waals surface area contributed by atoms with Crippen molar-refractivity contribution in [1.29, 1.82) is 0 Å². The van der Waals surface area contributed by atoms with Crippen molar-refractivity contribution >= 4 is 23.4 Å². The number of hydrogen-bond acceptors (Lipinski definition) is 5. The first-order chi connectivity index (χ1) is 14.0. The Kier molecular flexibility index (Phi) is 6.33. The van der Waals surface area contributed by atoms with Crippen LogP contribution in [0.4, 0.5) is 5.69 Å². The van der Waals surface area contributed by atoms with Crippen molar-refractivity contribution in [2.75, 3.05) is 18.1 Å². The molecule has 0 aliphatic carbocycles. The lowest BCUT2D eigenvalue weighted by Crippen LogP contribution is -2.47. The molecule has 0 fully saturated rings. The van der Waals surface area contributed by atoms with Crippen LogP contribution in [0.3, 0.4) is 0 Å². The summed E-state index contributed by atoms with van der Waals surface area (Å²) < 4.78 is 10.9. The lowest BCUT2D eigenvalue weighted by molar-refractivity contribution is -0.125. The Bertz CT molecular complexity index is 897. The summed E-state index contributed by atoms with van der Waals surface area (Å²) in [4.78, 5) is 38.2. The first kappa shape index (κ1) is 20.2. The first-order valence-corrected chi connectivity index (χ1v) is 9.38. The van der Waals surface area contributed by atoms with Gasteiger partial charge < -0.3 is 14.4 Å². The number of ether oxygens (including phenoxy) is 2. The zero-order chi connectivity index (χ0) is 20.8. The van der Waals surface area contributed by atoms with E-state index in [1.54, 1.807) is 49.4 Å². The van der Waals surface area contributed by atoms with Crippen molar-refractivity contribution in [3.63, 3.8) is 0 Å². The molecule has 0 saturated carbocycles. The highest BCUT2D eigenvalue weighted by atomic mass is 16.5. The van der Waals surface area contributed by atoms with Gasteiger partial charge in [0.1, 0.15) is 11.5 Å². The molecule has 3 amide bonds. The van der Waals surface area contributed by atoms with Gasteiger partial charge in [-0.3, -0.25) is 25.2 Å². The summed E-state index contributed by atoms with van der Waals surface area (Å²) in [5.41, 5.74) is 5.76. The Labute approximate surface area is 168 Å². The number of hydrogen-bond donors (Lipinski definition) is 2. The van der Waals surface area contributed by atoms with Crippen molar-refractivity contribution in [1.82, 2.24) is 10.9 Å². The number of para-hydroxylation sites is 2. The highest BCUT2D eigenvalue weighted by Gasteiger charge is 2.31. The molecule has 152 valence electrons. The SMILES string of the molecule is CCOc1ccc(C(=O)NNC(=O)CCN2C(=O)C(C)Oc3ccccc32)cc1. The van der Waals surface area contributed by atoms with Crippen molar-refractivity contribution in [3.05, 3.63) is 54.1 Å². The molecule has 3 rings (SSSR count). The van der Waals surface area contributed by atoms with E-state index in [0.29, 0.717) is 29.4 Å². The fourth-order valence-corrected chi connectivity index (χ4v) is 2.93. The van der Waals surface area contributed by atoms with E-state index in [1.165, 1.54) is 4.90 Å². The van der Waals surface area contributed by atoms with Crippen molar-refractivity contribution < 1.29 is 23.9 Å². The summed E-state index contributed by atoms with van der Waals surface area (Å²) in [5.74, 6) is 0.202. The molecule has 0 saturated heterocycles. The average Bonchev–Trinajstić information content (AvgIpc) is 2.73. The van der Waals surface area contributed by atoms with Crippen LogP contribution in [0.2, 0.25) is 0 Å². The molecule has 8 heteroatoms. The van der Waals surface area contributed by atoms with Crippen LogP contribution in [0, 0.1) is 0 Å². The van der Waals surface area contributed by atoms with Gasteiger partial charge in [0, 0.05) is 18.5 Å². The van der Waals surface area contributed by atoms with E-state index >= 15 is 0 Å². The van der Waals surface area contributed by atoms with Gasteiger partial charge in [0.2, 0.25) is 5.91 Å². The molecule has 1 atom stereocenters. The Balaban J connectivity index is 1.52. The summed E-state index contributed by atoms with van der Waals surface area (Å²) in [6.07, 6.45) is -0.594. The quantitative estimate of drug-likeness (QED) is 0.727. The minimum Gasteiger partial charge on any atom is -0.494 e. The van der Waals surface area contributed by atoms with Crippen LogP contribution in [-0.4, -0.2) is 37.0 Å². The number of carbonyl (C=O) groups is 3. The van der Waals surface area contributed by atoms with Gasteiger partial charge in [0.15, 0.2) is 6.10 Å². The van der Waals surface area contributed by atoms with E-state index in [-0.39, 0.29) is 18.9 Å². The molecule has 0 radical (unpaired) electrons. The Hall–Kier alpha value is -3.55. The molecule has 0 bridgehead atoms. The van der Waals surface area contributed by atoms with Crippen molar-refractivity contribution in [2.45, 2.75) is 26.4 Å². The normalized spacial score (nSPS) is 15.2. The minimum atomic E-state index is -0.618. The number of fused-ring (bicyclic) bond motifs is 1. The van der Waals surface area contributed by atoms with Gasteiger partial charge >= 0.3 is 0 Å². The maximum absolute atomic E-state index is 12.4. The smallest absolute Gasteiger partial charge is 0.269 e. The molecule has 1 aliphatic heterocycles. The largest absolute Gasteiger partial charge is 0.494 e. The van der Waals surface area contributed by atoms with E-state index in [0.717, 1.165) is 0 Å². The monoisotopic (exact) mass is 397 g/mol. The zero-order valence-corrected chi connectivity index (χ0v) is 16.3. The van der Waals surface area contributed by atoms with Crippen molar-refractivity contribution in [3.8, 4) is 11.5 Å². The molecular formula is C21H23N3O5. The molecule has 1 heterocycles. The van der Waals surface area contributed by atoms with Crippen LogP contribution < -0.4 is 25.2 Å². The van der Waals surface area contributed by atoms with Crippen LogP contribution in [0.15, 0.2) is 48.5 Å². The predicted octanol–water partition coefficient (Wildman–Crippen LogP) is 2.05. The van der Waals surface area contributed by atoms with Gasteiger partial charge in [-0.15, -0.1) is 0 Å². The fourth-order valence-electron chi connectivity index (χ4n) is 2.93. The topological polar surface area (TPSA) is 97.0 Å². The Morgan fingerprint density at radius 3 is 2.55 bits per heavy atom. The average molecular weight is 397 g/mol. The maximum atomic E-state index is 12.4. The summed E-state index contributed by atoms with van der Waals surface area (Å²) >= 11 is 0. The van der Waals surface area contributed by atoms with Crippen LogP contribution in [0.1, 0.15) is 30.6 Å². The van der Waals surface area contributed by atoms with Crippen LogP contribution in [-0.2, 0) is 9.59 Å².